The first-order valence-corrected chi connectivity index (χ1v) is 7.14. The molecule has 0 atom stereocenters. The van der Waals surface area contributed by atoms with Crippen molar-refractivity contribution in [3.05, 3.63) is 16.1 Å². The van der Waals surface area contributed by atoms with E-state index in [9.17, 15) is 0 Å². The molecule has 0 unspecified atom stereocenters. The van der Waals surface area contributed by atoms with Gasteiger partial charge in [0.05, 0.1) is 11.2 Å². The summed E-state index contributed by atoms with van der Waals surface area (Å²) in [5.74, 6) is 0. The Hall–Kier alpha value is -0.490. The van der Waals surface area contributed by atoms with Gasteiger partial charge < -0.3 is 5.32 Å². The molecule has 1 aliphatic heterocycles. The van der Waals surface area contributed by atoms with E-state index in [1.54, 1.807) is 11.3 Å². The third-order valence-corrected chi connectivity index (χ3v) is 4.19. The molecule has 5 heteroatoms. The van der Waals surface area contributed by atoms with Gasteiger partial charge in [-0.3, -0.25) is 9.80 Å². The van der Waals surface area contributed by atoms with Crippen LogP contribution in [0.15, 0.2) is 5.51 Å². The lowest BCUT2D eigenvalue weighted by Gasteiger charge is -2.29. The van der Waals surface area contributed by atoms with Gasteiger partial charge in [-0.2, -0.15) is 0 Å². The van der Waals surface area contributed by atoms with Crippen molar-refractivity contribution < 1.29 is 0 Å². The molecule has 1 aromatic heterocycles. The number of aromatic nitrogens is 1. The Morgan fingerprint density at radius 1 is 1.47 bits per heavy atom. The smallest absolute Gasteiger partial charge is 0.0798 e. The van der Waals surface area contributed by atoms with Crippen LogP contribution in [0.5, 0.6) is 0 Å². The molecule has 0 aromatic carbocycles. The normalized spacial score (nSPS) is 17.8. The molecule has 0 aliphatic carbocycles. The van der Waals surface area contributed by atoms with Gasteiger partial charge in [-0.05, 0) is 14.0 Å². The summed E-state index contributed by atoms with van der Waals surface area (Å²) >= 11 is 1.76. The summed E-state index contributed by atoms with van der Waals surface area (Å²) in [6, 6.07) is 0. The van der Waals surface area contributed by atoms with E-state index in [1.165, 1.54) is 30.2 Å². The fraction of sp³-hybridized carbons (Fsp3) is 0.750. The van der Waals surface area contributed by atoms with Crippen LogP contribution in [-0.4, -0.2) is 61.1 Å². The van der Waals surface area contributed by atoms with Gasteiger partial charge in [0.25, 0.3) is 0 Å². The summed E-state index contributed by atoms with van der Waals surface area (Å²) in [5.41, 5.74) is 3.12. The Morgan fingerprint density at radius 3 is 2.88 bits per heavy atom. The average Bonchev–Trinajstić information content (AvgIpc) is 2.74. The van der Waals surface area contributed by atoms with Crippen LogP contribution in [0, 0.1) is 6.92 Å². The van der Waals surface area contributed by atoms with Crippen LogP contribution in [0.4, 0.5) is 0 Å². The quantitative estimate of drug-likeness (QED) is 0.842. The maximum Gasteiger partial charge on any atom is 0.0798 e. The number of likely N-dealkylation sites (N-methyl/N-ethyl adjacent to an activating group) is 1. The van der Waals surface area contributed by atoms with Crippen molar-refractivity contribution in [2.75, 3.05) is 46.3 Å². The van der Waals surface area contributed by atoms with Crippen LogP contribution in [0.3, 0.4) is 0 Å². The van der Waals surface area contributed by atoms with E-state index in [0.717, 1.165) is 26.2 Å². The standard InChI is InChI=1S/C12H22N4S/c1-11-12(17-10-14-11)9-15(2)7-8-16-5-3-13-4-6-16/h10,13H,3-9H2,1-2H3. The molecular weight excluding hydrogens is 232 g/mol. The number of rotatable bonds is 5. The van der Waals surface area contributed by atoms with Crippen LogP contribution in [0.2, 0.25) is 0 Å². The minimum absolute atomic E-state index is 1.03. The fourth-order valence-corrected chi connectivity index (χ4v) is 2.91. The third kappa shape index (κ3) is 4.03. The van der Waals surface area contributed by atoms with Crippen LogP contribution in [0.1, 0.15) is 10.6 Å². The van der Waals surface area contributed by atoms with E-state index < -0.39 is 0 Å². The summed E-state index contributed by atoms with van der Waals surface area (Å²) in [4.78, 5) is 10.6. The maximum atomic E-state index is 4.29. The molecule has 0 saturated carbocycles. The van der Waals surface area contributed by atoms with E-state index in [2.05, 4.69) is 34.1 Å². The lowest BCUT2D eigenvalue weighted by Crippen LogP contribution is -2.45. The fourth-order valence-electron chi connectivity index (χ4n) is 2.05. The molecule has 0 bridgehead atoms. The third-order valence-electron chi connectivity index (χ3n) is 3.27. The minimum Gasteiger partial charge on any atom is -0.314 e. The summed E-state index contributed by atoms with van der Waals surface area (Å²) in [5, 5.41) is 3.38. The highest BCUT2D eigenvalue weighted by molar-refractivity contribution is 7.09. The highest BCUT2D eigenvalue weighted by Crippen LogP contribution is 2.13. The summed E-state index contributed by atoms with van der Waals surface area (Å²) in [6.45, 7) is 10.1. The maximum absolute atomic E-state index is 4.29. The molecule has 1 saturated heterocycles. The predicted molar refractivity (Wildman–Crippen MR) is 72.5 cm³/mol. The van der Waals surface area contributed by atoms with Crippen molar-refractivity contribution in [2.24, 2.45) is 0 Å². The molecule has 1 fully saturated rings. The lowest BCUT2D eigenvalue weighted by atomic mass is 10.3. The van der Waals surface area contributed by atoms with Gasteiger partial charge in [0, 0.05) is 50.7 Å². The molecule has 0 amide bonds. The van der Waals surface area contributed by atoms with Crippen LogP contribution in [0.25, 0.3) is 0 Å². The molecule has 0 radical (unpaired) electrons. The van der Waals surface area contributed by atoms with Crippen molar-refractivity contribution in [3.63, 3.8) is 0 Å². The predicted octanol–water partition coefficient (Wildman–Crippen LogP) is 0.789. The van der Waals surface area contributed by atoms with Crippen molar-refractivity contribution in [2.45, 2.75) is 13.5 Å². The van der Waals surface area contributed by atoms with Gasteiger partial charge in [0.2, 0.25) is 0 Å². The summed E-state index contributed by atoms with van der Waals surface area (Å²) in [6.07, 6.45) is 0. The van der Waals surface area contributed by atoms with Crippen LogP contribution < -0.4 is 5.32 Å². The molecular formula is C12H22N4S. The number of thiazole rings is 1. The van der Waals surface area contributed by atoms with Crippen molar-refractivity contribution in [1.82, 2.24) is 20.1 Å². The molecule has 17 heavy (non-hydrogen) atoms. The van der Waals surface area contributed by atoms with E-state index in [0.29, 0.717) is 0 Å². The Bertz CT molecular complexity index is 333. The Balaban J connectivity index is 1.70. The Kier molecular flexibility index (Phi) is 4.91. The molecule has 1 aromatic rings. The summed E-state index contributed by atoms with van der Waals surface area (Å²) < 4.78 is 0. The second-order valence-electron chi connectivity index (χ2n) is 4.69. The van der Waals surface area contributed by atoms with Gasteiger partial charge in [0.15, 0.2) is 0 Å². The lowest BCUT2D eigenvalue weighted by molar-refractivity contribution is 0.203. The van der Waals surface area contributed by atoms with E-state index in [1.807, 2.05) is 5.51 Å². The molecule has 1 aliphatic rings. The number of hydrogen-bond donors (Lipinski definition) is 1. The van der Waals surface area contributed by atoms with Gasteiger partial charge in [-0.15, -0.1) is 11.3 Å². The number of nitrogens with zero attached hydrogens (tertiary/aromatic N) is 3. The highest BCUT2D eigenvalue weighted by atomic mass is 32.1. The zero-order valence-corrected chi connectivity index (χ0v) is 11.6. The molecule has 1 N–H and O–H groups in total. The Labute approximate surface area is 108 Å². The first-order valence-electron chi connectivity index (χ1n) is 6.26. The SMILES string of the molecule is Cc1ncsc1CN(C)CCN1CCNCC1. The number of hydrogen-bond acceptors (Lipinski definition) is 5. The van der Waals surface area contributed by atoms with Gasteiger partial charge in [0.1, 0.15) is 0 Å². The molecule has 96 valence electrons. The van der Waals surface area contributed by atoms with E-state index >= 15 is 0 Å². The monoisotopic (exact) mass is 254 g/mol. The van der Waals surface area contributed by atoms with Crippen molar-refractivity contribution in [3.8, 4) is 0 Å². The molecule has 0 spiro atoms. The average molecular weight is 254 g/mol. The first-order chi connectivity index (χ1) is 8.25. The van der Waals surface area contributed by atoms with Gasteiger partial charge in [-0.1, -0.05) is 0 Å². The van der Waals surface area contributed by atoms with Crippen LogP contribution >= 0.6 is 11.3 Å². The zero-order valence-electron chi connectivity index (χ0n) is 10.8. The molecule has 2 rings (SSSR count). The number of piperazine rings is 1. The zero-order chi connectivity index (χ0) is 12.1. The van der Waals surface area contributed by atoms with Crippen molar-refractivity contribution in [1.29, 1.82) is 0 Å². The van der Waals surface area contributed by atoms with Gasteiger partial charge >= 0.3 is 0 Å². The molecule has 4 nitrogen and oxygen atoms in total. The number of nitrogens with one attached hydrogen (secondary N) is 1. The minimum atomic E-state index is 1.03. The second kappa shape index (κ2) is 6.44. The van der Waals surface area contributed by atoms with E-state index in [-0.39, 0.29) is 0 Å². The first kappa shape index (κ1) is 13.0. The highest BCUT2D eigenvalue weighted by Gasteiger charge is 2.11. The van der Waals surface area contributed by atoms with Gasteiger partial charge in [-0.25, -0.2) is 4.98 Å². The Morgan fingerprint density at radius 2 is 2.24 bits per heavy atom. The topological polar surface area (TPSA) is 31.4 Å². The number of aryl methyl sites for hydroxylation is 1. The second-order valence-corrected chi connectivity index (χ2v) is 5.63. The van der Waals surface area contributed by atoms with E-state index in [4.69, 9.17) is 0 Å². The van der Waals surface area contributed by atoms with Crippen LogP contribution in [-0.2, 0) is 6.54 Å². The largest absolute Gasteiger partial charge is 0.314 e. The summed E-state index contributed by atoms with van der Waals surface area (Å²) in [7, 11) is 2.20. The molecule has 2 heterocycles. The van der Waals surface area contributed by atoms with Crippen molar-refractivity contribution >= 4 is 11.3 Å².